The zero-order valence-electron chi connectivity index (χ0n) is 17.6. The van der Waals surface area contributed by atoms with Gasteiger partial charge < -0.3 is 9.80 Å². The fourth-order valence-corrected chi connectivity index (χ4v) is 4.74. The molecule has 3 aromatic rings. The second-order valence-electron chi connectivity index (χ2n) is 7.70. The van der Waals surface area contributed by atoms with E-state index < -0.39 is 0 Å². The summed E-state index contributed by atoms with van der Waals surface area (Å²) in [5.41, 5.74) is 2.13. The first-order valence-electron chi connectivity index (χ1n) is 10.3. The van der Waals surface area contributed by atoms with E-state index in [0.717, 1.165) is 21.1 Å². The van der Waals surface area contributed by atoms with E-state index in [-0.39, 0.29) is 11.8 Å². The molecule has 9 heteroatoms. The van der Waals surface area contributed by atoms with Gasteiger partial charge in [0.25, 0.3) is 5.91 Å². The number of H-pyrrole nitrogens is 1. The molecule has 1 aromatic carbocycles. The predicted octanol–water partition coefficient (Wildman–Crippen LogP) is 3.66. The average Bonchev–Trinajstić information content (AvgIpc) is 3.37. The molecule has 0 spiro atoms. The van der Waals surface area contributed by atoms with Gasteiger partial charge in [-0.3, -0.25) is 19.3 Å². The van der Waals surface area contributed by atoms with Gasteiger partial charge in [0, 0.05) is 49.6 Å². The van der Waals surface area contributed by atoms with Crippen LogP contribution in [0.3, 0.4) is 0 Å². The predicted molar refractivity (Wildman–Crippen MR) is 124 cm³/mol. The first-order chi connectivity index (χ1) is 14.9. The Morgan fingerprint density at radius 1 is 1.03 bits per heavy atom. The van der Waals surface area contributed by atoms with E-state index in [4.69, 9.17) is 12.2 Å². The number of thiophene rings is 1. The van der Waals surface area contributed by atoms with Crippen LogP contribution < -0.4 is 0 Å². The van der Waals surface area contributed by atoms with E-state index >= 15 is 0 Å². The van der Waals surface area contributed by atoms with E-state index in [1.54, 1.807) is 0 Å². The molecular weight excluding hydrogens is 430 g/mol. The third-order valence-corrected chi connectivity index (χ3v) is 6.79. The number of hydrogen-bond donors (Lipinski definition) is 1. The van der Waals surface area contributed by atoms with Gasteiger partial charge in [0.2, 0.25) is 5.91 Å². The normalized spacial score (nSPS) is 14.1. The molecule has 0 bridgehead atoms. The number of nitrogens with zero attached hydrogens (tertiary/aromatic N) is 4. The Hall–Kier alpha value is -2.78. The van der Waals surface area contributed by atoms with Crippen LogP contribution in [-0.2, 0) is 11.3 Å². The van der Waals surface area contributed by atoms with Crippen LogP contribution in [0.25, 0.3) is 11.4 Å². The molecule has 162 valence electrons. The number of hydrogen-bond acceptors (Lipinski definition) is 5. The maximum Gasteiger partial charge on any atom is 0.264 e. The molecule has 2 aromatic heterocycles. The van der Waals surface area contributed by atoms with E-state index in [2.05, 4.69) is 10.2 Å². The molecule has 0 aliphatic carbocycles. The van der Waals surface area contributed by atoms with E-state index in [1.165, 1.54) is 16.9 Å². The minimum absolute atomic E-state index is 0.0534. The lowest BCUT2D eigenvalue weighted by Gasteiger charge is -2.34. The van der Waals surface area contributed by atoms with Crippen molar-refractivity contribution in [2.45, 2.75) is 26.8 Å². The van der Waals surface area contributed by atoms with Crippen molar-refractivity contribution < 1.29 is 9.59 Å². The van der Waals surface area contributed by atoms with Crippen molar-refractivity contribution in [2.24, 2.45) is 0 Å². The summed E-state index contributed by atoms with van der Waals surface area (Å²) in [5.74, 6) is 0.856. The largest absolute Gasteiger partial charge is 0.339 e. The van der Waals surface area contributed by atoms with Crippen molar-refractivity contribution in [3.8, 4) is 11.4 Å². The minimum Gasteiger partial charge on any atom is -0.339 e. The van der Waals surface area contributed by atoms with Crippen LogP contribution in [0.5, 0.6) is 0 Å². The van der Waals surface area contributed by atoms with Gasteiger partial charge in [0.05, 0.1) is 4.88 Å². The lowest BCUT2D eigenvalue weighted by molar-refractivity contribution is -0.132. The highest BCUT2D eigenvalue weighted by molar-refractivity contribution is 7.71. The third-order valence-electron chi connectivity index (χ3n) is 5.49. The molecule has 0 radical (unpaired) electrons. The van der Waals surface area contributed by atoms with Crippen molar-refractivity contribution >= 4 is 35.4 Å². The number of carbonyl (C=O) groups excluding carboxylic acids is 2. The van der Waals surface area contributed by atoms with Crippen LogP contribution in [0, 0.1) is 18.6 Å². The van der Waals surface area contributed by atoms with Crippen LogP contribution in [0.1, 0.15) is 26.5 Å². The zero-order chi connectivity index (χ0) is 22.0. The van der Waals surface area contributed by atoms with Gasteiger partial charge in [-0.05, 0) is 38.2 Å². The summed E-state index contributed by atoms with van der Waals surface area (Å²) < 4.78 is 2.38. The SMILES string of the molecule is Cc1ccc(-c2n[nH]c(=S)n2CCC(=O)N2CCN(C(=O)c3ccc(C)s3)CC2)cc1. The molecule has 1 aliphatic heterocycles. The highest BCUT2D eigenvalue weighted by Gasteiger charge is 2.25. The molecule has 1 N–H and O–H groups in total. The van der Waals surface area contributed by atoms with Gasteiger partial charge in [-0.25, -0.2) is 0 Å². The van der Waals surface area contributed by atoms with Gasteiger partial charge in [-0.1, -0.05) is 29.8 Å². The molecule has 3 heterocycles. The summed E-state index contributed by atoms with van der Waals surface area (Å²) in [5, 5.41) is 7.18. The first kappa shape index (κ1) is 21.5. The number of benzene rings is 1. The smallest absolute Gasteiger partial charge is 0.264 e. The Bertz CT molecular complexity index is 1140. The molecule has 4 rings (SSSR count). The van der Waals surface area contributed by atoms with Gasteiger partial charge in [-0.15, -0.1) is 11.3 Å². The first-order valence-corrected chi connectivity index (χ1v) is 11.5. The number of carbonyl (C=O) groups is 2. The maximum atomic E-state index is 12.8. The summed E-state index contributed by atoms with van der Waals surface area (Å²) in [6.07, 6.45) is 0.338. The Balaban J connectivity index is 1.34. The third kappa shape index (κ3) is 4.77. The second-order valence-corrected chi connectivity index (χ2v) is 9.38. The number of nitrogens with one attached hydrogen (secondary N) is 1. The molecular formula is C22H25N5O2S2. The summed E-state index contributed by atoms with van der Waals surface area (Å²) in [4.78, 5) is 30.9. The van der Waals surface area contributed by atoms with Crippen molar-refractivity contribution in [2.75, 3.05) is 26.2 Å². The van der Waals surface area contributed by atoms with Crippen LogP contribution in [-0.4, -0.2) is 62.6 Å². The number of aryl methyl sites for hydroxylation is 2. The maximum absolute atomic E-state index is 12.8. The van der Waals surface area contributed by atoms with Gasteiger partial charge in [0.15, 0.2) is 10.6 Å². The number of amides is 2. The van der Waals surface area contributed by atoms with E-state index in [0.29, 0.717) is 43.9 Å². The van der Waals surface area contributed by atoms with Gasteiger partial charge in [0.1, 0.15) is 0 Å². The Labute approximate surface area is 190 Å². The van der Waals surface area contributed by atoms with E-state index in [9.17, 15) is 9.59 Å². The number of rotatable bonds is 5. The molecule has 7 nitrogen and oxygen atoms in total. The standard InChI is InChI=1S/C22H25N5O2S2/c1-15-3-6-17(7-4-15)20-23-24-22(30)27(20)10-9-19(28)25-11-13-26(14-12-25)21(29)18-8-5-16(2)31-18/h3-8H,9-14H2,1-2H3,(H,24,30). The molecule has 0 atom stereocenters. The Kier molecular flexibility index (Phi) is 6.33. The molecule has 2 amide bonds. The molecule has 31 heavy (non-hydrogen) atoms. The quantitative estimate of drug-likeness (QED) is 0.596. The van der Waals surface area contributed by atoms with Crippen LogP contribution in [0.15, 0.2) is 36.4 Å². The summed E-state index contributed by atoms with van der Waals surface area (Å²) >= 11 is 6.89. The monoisotopic (exact) mass is 455 g/mol. The highest BCUT2D eigenvalue weighted by Crippen LogP contribution is 2.20. The minimum atomic E-state index is 0.0534. The molecule has 1 aliphatic rings. The molecule has 1 fully saturated rings. The average molecular weight is 456 g/mol. The topological polar surface area (TPSA) is 74.2 Å². The van der Waals surface area contributed by atoms with Crippen LogP contribution in [0.2, 0.25) is 0 Å². The number of aromatic amines is 1. The Morgan fingerprint density at radius 3 is 2.35 bits per heavy atom. The summed E-state index contributed by atoms with van der Waals surface area (Å²) in [6, 6.07) is 11.9. The van der Waals surface area contributed by atoms with Crippen molar-refractivity contribution in [3.05, 3.63) is 56.5 Å². The van der Waals surface area contributed by atoms with Crippen molar-refractivity contribution in [1.29, 1.82) is 0 Å². The lowest BCUT2D eigenvalue weighted by atomic mass is 10.1. The number of piperazine rings is 1. The zero-order valence-corrected chi connectivity index (χ0v) is 19.3. The van der Waals surface area contributed by atoms with Gasteiger partial charge in [-0.2, -0.15) is 5.10 Å². The van der Waals surface area contributed by atoms with Crippen molar-refractivity contribution in [1.82, 2.24) is 24.6 Å². The molecule has 0 unspecified atom stereocenters. The lowest BCUT2D eigenvalue weighted by Crippen LogP contribution is -2.50. The Morgan fingerprint density at radius 2 is 1.71 bits per heavy atom. The van der Waals surface area contributed by atoms with Crippen LogP contribution in [0.4, 0.5) is 0 Å². The summed E-state index contributed by atoms with van der Waals surface area (Å²) in [6.45, 7) is 6.71. The molecule has 1 saturated heterocycles. The van der Waals surface area contributed by atoms with Gasteiger partial charge >= 0.3 is 0 Å². The molecule has 0 saturated carbocycles. The fraction of sp³-hybridized carbons (Fsp3) is 0.364. The van der Waals surface area contributed by atoms with Crippen LogP contribution >= 0.6 is 23.6 Å². The number of aromatic nitrogens is 3. The van der Waals surface area contributed by atoms with Crippen molar-refractivity contribution in [3.63, 3.8) is 0 Å². The second kappa shape index (κ2) is 9.15. The summed E-state index contributed by atoms with van der Waals surface area (Å²) in [7, 11) is 0. The highest BCUT2D eigenvalue weighted by atomic mass is 32.1. The van der Waals surface area contributed by atoms with E-state index in [1.807, 2.05) is 64.6 Å². The fourth-order valence-electron chi connectivity index (χ4n) is 3.68.